The summed E-state index contributed by atoms with van der Waals surface area (Å²) in [7, 11) is 0. The maximum Gasteiger partial charge on any atom is 0.270 e. The average molecular weight is 253 g/mol. The standard InChI is InChI=1S/C13H23N3O2/c1-3-5-9-16(10-6-4-2)13(18)11-7-8-12(17)15-14-11/h3-10H2,1-2H3,(H,15,17). The van der Waals surface area contributed by atoms with Crippen molar-refractivity contribution >= 4 is 17.5 Å². The van der Waals surface area contributed by atoms with Crippen molar-refractivity contribution in [3.05, 3.63) is 0 Å². The van der Waals surface area contributed by atoms with Crippen LogP contribution in [0.4, 0.5) is 0 Å². The Morgan fingerprint density at radius 2 is 1.83 bits per heavy atom. The molecule has 0 aromatic heterocycles. The monoisotopic (exact) mass is 253 g/mol. The van der Waals surface area contributed by atoms with Gasteiger partial charge in [0.1, 0.15) is 5.71 Å². The Balaban J connectivity index is 2.59. The van der Waals surface area contributed by atoms with Crippen molar-refractivity contribution in [2.24, 2.45) is 5.10 Å². The van der Waals surface area contributed by atoms with Crippen molar-refractivity contribution in [3.8, 4) is 0 Å². The number of hydrazone groups is 1. The van der Waals surface area contributed by atoms with E-state index in [1.165, 1.54) is 0 Å². The van der Waals surface area contributed by atoms with E-state index in [2.05, 4.69) is 24.4 Å². The number of rotatable bonds is 7. The van der Waals surface area contributed by atoms with Crippen LogP contribution >= 0.6 is 0 Å². The molecule has 0 saturated heterocycles. The fourth-order valence-electron chi connectivity index (χ4n) is 1.82. The first-order valence-electron chi connectivity index (χ1n) is 6.83. The van der Waals surface area contributed by atoms with Crippen molar-refractivity contribution in [2.45, 2.75) is 52.4 Å². The largest absolute Gasteiger partial charge is 0.338 e. The molecule has 1 N–H and O–H groups in total. The van der Waals surface area contributed by atoms with Gasteiger partial charge in [-0.25, -0.2) is 5.43 Å². The first-order valence-corrected chi connectivity index (χ1v) is 6.83. The molecule has 0 bridgehead atoms. The fourth-order valence-corrected chi connectivity index (χ4v) is 1.82. The smallest absolute Gasteiger partial charge is 0.270 e. The van der Waals surface area contributed by atoms with Gasteiger partial charge >= 0.3 is 0 Å². The minimum absolute atomic E-state index is 0.0168. The summed E-state index contributed by atoms with van der Waals surface area (Å²) in [6, 6.07) is 0. The van der Waals surface area contributed by atoms with Gasteiger partial charge in [-0.15, -0.1) is 0 Å². The van der Waals surface area contributed by atoms with Crippen LogP contribution in [0.25, 0.3) is 0 Å². The molecule has 0 aromatic rings. The lowest BCUT2D eigenvalue weighted by Crippen LogP contribution is -2.41. The van der Waals surface area contributed by atoms with E-state index in [1.54, 1.807) is 0 Å². The Bertz CT molecular complexity index is 318. The Hall–Kier alpha value is -1.39. The highest BCUT2D eigenvalue weighted by Gasteiger charge is 2.22. The summed E-state index contributed by atoms with van der Waals surface area (Å²) in [5, 5.41) is 3.87. The van der Waals surface area contributed by atoms with Gasteiger partial charge in [-0.05, 0) is 12.8 Å². The quantitative estimate of drug-likeness (QED) is 0.750. The van der Waals surface area contributed by atoms with Crippen molar-refractivity contribution in [2.75, 3.05) is 13.1 Å². The number of hydrogen-bond donors (Lipinski definition) is 1. The van der Waals surface area contributed by atoms with E-state index in [0.29, 0.717) is 18.6 Å². The molecule has 5 heteroatoms. The molecule has 102 valence electrons. The summed E-state index contributed by atoms with van der Waals surface area (Å²) < 4.78 is 0. The second-order valence-corrected chi connectivity index (χ2v) is 4.59. The SMILES string of the molecule is CCCCN(CCCC)C(=O)C1=NNC(=O)CC1. The van der Waals surface area contributed by atoms with E-state index in [4.69, 9.17) is 0 Å². The molecule has 0 atom stereocenters. The number of carbonyl (C=O) groups excluding carboxylic acids is 2. The maximum atomic E-state index is 12.3. The van der Waals surface area contributed by atoms with Crippen molar-refractivity contribution < 1.29 is 9.59 Å². The molecule has 5 nitrogen and oxygen atoms in total. The van der Waals surface area contributed by atoms with E-state index >= 15 is 0 Å². The second-order valence-electron chi connectivity index (χ2n) is 4.59. The van der Waals surface area contributed by atoms with Gasteiger partial charge in [0.2, 0.25) is 5.91 Å². The number of amides is 2. The molecular weight excluding hydrogens is 230 g/mol. The number of unbranched alkanes of at least 4 members (excludes halogenated alkanes) is 2. The van der Waals surface area contributed by atoms with Gasteiger partial charge in [-0.3, -0.25) is 9.59 Å². The molecule has 1 heterocycles. The molecule has 0 radical (unpaired) electrons. The molecule has 0 spiro atoms. The molecule has 0 saturated carbocycles. The first-order chi connectivity index (χ1) is 8.69. The van der Waals surface area contributed by atoms with E-state index < -0.39 is 0 Å². The van der Waals surface area contributed by atoms with Crippen molar-refractivity contribution in [1.29, 1.82) is 0 Å². The Morgan fingerprint density at radius 3 is 2.28 bits per heavy atom. The molecule has 1 aliphatic rings. The molecule has 0 fully saturated rings. The Kier molecular flexibility index (Phi) is 6.39. The third kappa shape index (κ3) is 4.47. The zero-order chi connectivity index (χ0) is 13.4. The molecule has 1 rings (SSSR count). The molecular formula is C13H23N3O2. The number of carbonyl (C=O) groups is 2. The van der Waals surface area contributed by atoms with Gasteiger partial charge < -0.3 is 4.90 Å². The van der Waals surface area contributed by atoms with Crippen molar-refractivity contribution in [3.63, 3.8) is 0 Å². The molecule has 18 heavy (non-hydrogen) atoms. The fraction of sp³-hybridized carbons (Fsp3) is 0.769. The molecule has 0 unspecified atom stereocenters. The highest BCUT2D eigenvalue weighted by molar-refractivity contribution is 6.39. The van der Waals surface area contributed by atoms with Crippen LogP contribution in [0.5, 0.6) is 0 Å². The molecule has 0 aliphatic carbocycles. The zero-order valence-electron chi connectivity index (χ0n) is 11.4. The van der Waals surface area contributed by atoms with Crippen molar-refractivity contribution in [1.82, 2.24) is 10.3 Å². The summed E-state index contributed by atoms with van der Waals surface area (Å²) in [6.45, 7) is 5.78. The number of hydrogen-bond acceptors (Lipinski definition) is 3. The van der Waals surface area contributed by atoms with E-state index in [1.807, 2.05) is 4.90 Å². The first kappa shape index (κ1) is 14.7. The van der Waals surface area contributed by atoms with Gasteiger partial charge in [-0.2, -0.15) is 5.10 Å². The third-order valence-electron chi connectivity index (χ3n) is 3.00. The average Bonchev–Trinajstić information content (AvgIpc) is 2.39. The maximum absolute atomic E-state index is 12.3. The van der Waals surface area contributed by atoms with Crippen LogP contribution in [0.1, 0.15) is 52.4 Å². The highest BCUT2D eigenvalue weighted by atomic mass is 16.2. The number of nitrogens with zero attached hydrogens (tertiary/aromatic N) is 2. The normalized spacial score (nSPS) is 15.0. The molecule has 1 aliphatic heterocycles. The predicted molar refractivity (Wildman–Crippen MR) is 71.2 cm³/mol. The summed E-state index contributed by atoms with van der Waals surface area (Å²) in [5.74, 6) is -0.128. The van der Waals surface area contributed by atoms with E-state index in [9.17, 15) is 9.59 Å². The van der Waals surface area contributed by atoms with Gasteiger partial charge in [0, 0.05) is 25.9 Å². The van der Waals surface area contributed by atoms with Gasteiger partial charge in [0.05, 0.1) is 0 Å². The van der Waals surface area contributed by atoms with E-state index in [-0.39, 0.29) is 11.8 Å². The minimum atomic E-state index is -0.111. The Labute approximate surface area is 109 Å². The second kappa shape index (κ2) is 7.84. The van der Waals surface area contributed by atoms with Crippen LogP contribution in [0.3, 0.4) is 0 Å². The molecule has 0 aromatic carbocycles. The summed E-state index contributed by atoms with van der Waals surface area (Å²) in [5.41, 5.74) is 2.87. The van der Waals surface area contributed by atoms with Crippen LogP contribution < -0.4 is 5.43 Å². The topological polar surface area (TPSA) is 61.8 Å². The summed E-state index contributed by atoms with van der Waals surface area (Å²) >= 11 is 0. The van der Waals surface area contributed by atoms with Gasteiger partial charge in [0.25, 0.3) is 5.91 Å². The van der Waals surface area contributed by atoms with Crippen LogP contribution in [0.15, 0.2) is 5.10 Å². The van der Waals surface area contributed by atoms with Crippen LogP contribution in [0.2, 0.25) is 0 Å². The minimum Gasteiger partial charge on any atom is -0.338 e. The van der Waals surface area contributed by atoms with Gasteiger partial charge in [0.15, 0.2) is 0 Å². The lowest BCUT2D eigenvalue weighted by Gasteiger charge is -2.24. The summed E-state index contributed by atoms with van der Waals surface area (Å²) in [6.07, 6.45) is 4.97. The van der Waals surface area contributed by atoms with Crippen LogP contribution in [-0.4, -0.2) is 35.5 Å². The highest BCUT2D eigenvalue weighted by Crippen LogP contribution is 2.06. The third-order valence-corrected chi connectivity index (χ3v) is 3.00. The lowest BCUT2D eigenvalue weighted by molar-refractivity contribution is -0.124. The summed E-state index contributed by atoms with van der Waals surface area (Å²) in [4.78, 5) is 25.1. The van der Waals surface area contributed by atoms with Crippen LogP contribution in [0, 0.1) is 0 Å². The predicted octanol–water partition coefficient (Wildman–Crippen LogP) is 1.68. The van der Waals surface area contributed by atoms with Crippen LogP contribution in [-0.2, 0) is 9.59 Å². The Morgan fingerprint density at radius 1 is 1.22 bits per heavy atom. The van der Waals surface area contributed by atoms with Gasteiger partial charge in [-0.1, -0.05) is 26.7 Å². The molecule has 2 amide bonds. The number of nitrogens with one attached hydrogen (secondary N) is 1. The lowest BCUT2D eigenvalue weighted by atomic mass is 10.1. The zero-order valence-corrected chi connectivity index (χ0v) is 11.4. The van der Waals surface area contributed by atoms with E-state index in [0.717, 1.165) is 38.8 Å².